The number of aryl methyl sites for hydroxylation is 1. The second-order valence-electron chi connectivity index (χ2n) is 9.76. The van der Waals surface area contributed by atoms with Crippen molar-refractivity contribution in [2.75, 3.05) is 6.54 Å². The fraction of sp³-hybridized carbons (Fsp3) is 0.267. The van der Waals surface area contributed by atoms with Crippen molar-refractivity contribution in [3.8, 4) is 0 Å². The topological polar surface area (TPSA) is 113 Å². The summed E-state index contributed by atoms with van der Waals surface area (Å²) in [5.74, 6) is -3.11. The van der Waals surface area contributed by atoms with Crippen molar-refractivity contribution < 1.29 is 24.3 Å². The number of amides is 2. The molecule has 0 heterocycles. The standard InChI is InChI=1S/C30H27Cl3N2O5/c31-21-6-3-4-17(10-21)11-22(36)12-18-13-24(32)28(25(33)14-18)27(37)15-20(29(38)39)16-34-30(40)35-26-9-8-19-5-1-2-7-23(19)26/h1-7,10,13-14,20,26H,8-9,11-12,15-16H2,(H,38,39)(H2,34,35,40)/t20-,26+/m0/s1. The molecule has 10 heteroatoms. The van der Waals surface area contributed by atoms with Gasteiger partial charge < -0.3 is 15.7 Å². The predicted molar refractivity (Wildman–Crippen MR) is 154 cm³/mol. The fourth-order valence-electron chi connectivity index (χ4n) is 4.86. The molecule has 0 aliphatic heterocycles. The van der Waals surface area contributed by atoms with Gasteiger partial charge in [-0.1, -0.05) is 71.2 Å². The molecule has 7 nitrogen and oxygen atoms in total. The number of hydrogen-bond donors (Lipinski definition) is 3. The molecule has 1 aliphatic carbocycles. The molecule has 0 radical (unpaired) electrons. The van der Waals surface area contributed by atoms with Gasteiger partial charge >= 0.3 is 12.0 Å². The number of Topliss-reactive ketones (excluding diaryl/α,β-unsaturated/α-hetero) is 2. The number of aliphatic carboxylic acids is 1. The van der Waals surface area contributed by atoms with Gasteiger partial charge in [0.2, 0.25) is 0 Å². The summed E-state index contributed by atoms with van der Waals surface area (Å²) in [6.45, 7) is -0.257. The van der Waals surface area contributed by atoms with E-state index in [1.807, 2.05) is 24.3 Å². The number of fused-ring (bicyclic) bond motifs is 1. The Morgan fingerprint density at radius 2 is 1.60 bits per heavy atom. The van der Waals surface area contributed by atoms with E-state index < -0.39 is 30.1 Å². The van der Waals surface area contributed by atoms with Crippen molar-refractivity contribution in [2.24, 2.45) is 5.92 Å². The van der Waals surface area contributed by atoms with E-state index in [1.54, 1.807) is 24.3 Å². The maximum absolute atomic E-state index is 13.0. The van der Waals surface area contributed by atoms with Crippen LogP contribution in [0, 0.1) is 5.92 Å². The van der Waals surface area contributed by atoms with Crippen LogP contribution >= 0.6 is 34.8 Å². The van der Waals surface area contributed by atoms with E-state index >= 15 is 0 Å². The molecule has 2 amide bonds. The number of hydrogen-bond acceptors (Lipinski definition) is 4. The van der Waals surface area contributed by atoms with Crippen LogP contribution in [0.25, 0.3) is 0 Å². The molecule has 0 bridgehead atoms. The second kappa shape index (κ2) is 13.3. The molecule has 208 valence electrons. The van der Waals surface area contributed by atoms with E-state index in [4.69, 9.17) is 34.8 Å². The van der Waals surface area contributed by atoms with Crippen molar-refractivity contribution in [1.82, 2.24) is 10.6 Å². The van der Waals surface area contributed by atoms with E-state index in [2.05, 4.69) is 10.6 Å². The van der Waals surface area contributed by atoms with E-state index in [1.165, 1.54) is 17.7 Å². The number of urea groups is 1. The first-order chi connectivity index (χ1) is 19.1. The van der Waals surface area contributed by atoms with Crippen LogP contribution in [0.5, 0.6) is 0 Å². The van der Waals surface area contributed by atoms with Crippen molar-refractivity contribution in [1.29, 1.82) is 0 Å². The van der Waals surface area contributed by atoms with Gasteiger partial charge in [0, 0.05) is 30.8 Å². The highest BCUT2D eigenvalue weighted by Gasteiger charge is 2.27. The minimum atomic E-state index is -1.24. The molecule has 3 aromatic rings. The Morgan fingerprint density at radius 1 is 0.900 bits per heavy atom. The molecular weight excluding hydrogens is 575 g/mol. The number of benzene rings is 3. The summed E-state index contributed by atoms with van der Waals surface area (Å²) in [5.41, 5.74) is 3.50. The zero-order chi connectivity index (χ0) is 28.8. The van der Waals surface area contributed by atoms with Gasteiger partial charge in [-0.05, 0) is 59.4 Å². The Bertz CT molecular complexity index is 1440. The highest BCUT2D eigenvalue weighted by atomic mass is 35.5. The summed E-state index contributed by atoms with van der Waals surface area (Å²) < 4.78 is 0. The summed E-state index contributed by atoms with van der Waals surface area (Å²) >= 11 is 18.7. The van der Waals surface area contributed by atoms with Crippen molar-refractivity contribution >= 4 is 58.4 Å². The molecule has 3 N–H and O–H groups in total. The lowest BCUT2D eigenvalue weighted by Gasteiger charge is -2.17. The normalized spacial score (nSPS) is 14.7. The van der Waals surface area contributed by atoms with Gasteiger partial charge in [0.15, 0.2) is 5.78 Å². The van der Waals surface area contributed by atoms with Crippen LogP contribution < -0.4 is 10.6 Å². The molecule has 2 atom stereocenters. The van der Waals surface area contributed by atoms with Crippen LogP contribution in [0.3, 0.4) is 0 Å². The van der Waals surface area contributed by atoms with Gasteiger partial charge in [-0.15, -0.1) is 0 Å². The molecule has 0 saturated heterocycles. The molecular formula is C30H27Cl3N2O5. The lowest BCUT2D eigenvalue weighted by Crippen LogP contribution is -2.41. The van der Waals surface area contributed by atoms with E-state index in [0.29, 0.717) is 10.6 Å². The fourth-order valence-corrected chi connectivity index (χ4v) is 5.82. The number of halogens is 3. The van der Waals surface area contributed by atoms with Crippen molar-refractivity contribution in [3.63, 3.8) is 0 Å². The number of carbonyl (C=O) groups excluding carboxylic acids is 3. The summed E-state index contributed by atoms with van der Waals surface area (Å²) in [6.07, 6.45) is 1.40. The second-order valence-corrected chi connectivity index (χ2v) is 11.0. The maximum Gasteiger partial charge on any atom is 0.315 e. The third kappa shape index (κ3) is 7.62. The number of ketones is 2. The third-order valence-electron chi connectivity index (χ3n) is 6.80. The van der Waals surface area contributed by atoms with Gasteiger partial charge in [-0.3, -0.25) is 14.4 Å². The number of carbonyl (C=O) groups is 4. The molecule has 0 aromatic heterocycles. The van der Waals surface area contributed by atoms with Crippen LogP contribution in [0.4, 0.5) is 4.79 Å². The Morgan fingerprint density at radius 3 is 2.30 bits per heavy atom. The number of rotatable bonds is 11. The Kier molecular flexibility index (Phi) is 9.85. The molecule has 0 spiro atoms. The van der Waals surface area contributed by atoms with Crippen LogP contribution in [-0.4, -0.2) is 35.2 Å². The zero-order valence-electron chi connectivity index (χ0n) is 21.4. The SMILES string of the molecule is O=C(Cc1cccc(Cl)c1)Cc1cc(Cl)c(C(=O)C[C@@H](CNC(=O)N[C@@H]2CCc3ccccc32)C(=O)O)c(Cl)c1. The number of nitrogens with one attached hydrogen (secondary N) is 2. The Labute approximate surface area is 246 Å². The maximum atomic E-state index is 13.0. The minimum absolute atomic E-state index is 0.0207. The monoisotopic (exact) mass is 600 g/mol. The van der Waals surface area contributed by atoms with Gasteiger partial charge in [0.05, 0.1) is 27.6 Å². The largest absolute Gasteiger partial charge is 0.481 e. The van der Waals surface area contributed by atoms with Gasteiger partial charge in [-0.2, -0.15) is 0 Å². The predicted octanol–water partition coefficient (Wildman–Crippen LogP) is 6.26. The summed E-state index contributed by atoms with van der Waals surface area (Å²) in [6, 6.07) is 17.1. The van der Waals surface area contributed by atoms with Crippen LogP contribution in [-0.2, 0) is 28.9 Å². The number of carboxylic acid groups (broad SMARTS) is 1. The zero-order valence-corrected chi connectivity index (χ0v) is 23.7. The molecule has 0 saturated carbocycles. The highest BCUT2D eigenvalue weighted by Crippen LogP contribution is 2.31. The molecule has 0 fully saturated rings. The number of carboxylic acids is 1. The van der Waals surface area contributed by atoms with E-state index in [-0.39, 0.29) is 46.8 Å². The smallest absolute Gasteiger partial charge is 0.315 e. The van der Waals surface area contributed by atoms with Crippen LogP contribution in [0.2, 0.25) is 15.1 Å². The van der Waals surface area contributed by atoms with Gasteiger partial charge in [0.25, 0.3) is 0 Å². The van der Waals surface area contributed by atoms with E-state index in [9.17, 15) is 24.3 Å². The molecule has 1 aliphatic rings. The Balaban J connectivity index is 1.34. The third-order valence-corrected chi connectivity index (χ3v) is 7.63. The molecule has 0 unspecified atom stereocenters. The van der Waals surface area contributed by atoms with Crippen molar-refractivity contribution in [3.05, 3.63) is 104 Å². The first kappa shape index (κ1) is 29.6. The average molecular weight is 602 g/mol. The molecule has 40 heavy (non-hydrogen) atoms. The molecule has 3 aromatic carbocycles. The minimum Gasteiger partial charge on any atom is -0.481 e. The van der Waals surface area contributed by atoms with E-state index in [0.717, 1.165) is 24.0 Å². The van der Waals surface area contributed by atoms with Crippen LogP contribution in [0.1, 0.15) is 51.5 Å². The molecule has 4 rings (SSSR count). The van der Waals surface area contributed by atoms with Crippen molar-refractivity contribution in [2.45, 2.75) is 38.1 Å². The van der Waals surface area contributed by atoms with Gasteiger partial charge in [0.1, 0.15) is 5.78 Å². The highest BCUT2D eigenvalue weighted by molar-refractivity contribution is 6.40. The summed E-state index contributed by atoms with van der Waals surface area (Å²) in [7, 11) is 0. The quantitative estimate of drug-likeness (QED) is 0.225. The first-order valence-electron chi connectivity index (χ1n) is 12.7. The van der Waals surface area contributed by atoms with Gasteiger partial charge in [-0.25, -0.2) is 4.79 Å². The Hall–Kier alpha value is -3.39. The van der Waals surface area contributed by atoms with Crippen LogP contribution in [0.15, 0.2) is 60.7 Å². The lowest BCUT2D eigenvalue weighted by molar-refractivity contribution is -0.141. The summed E-state index contributed by atoms with van der Waals surface area (Å²) in [4.78, 5) is 49.9. The average Bonchev–Trinajstić information content (AvgIpc) is 3.28. The first-order valence-corrected chi connectivity index (χ1v) is 13.9. The lowest BCUT2D eigenvalue weighted by atomic mass is 9.96. The summed E-state index contributed by atoms with van der Waals surface area (Å²) in [5, 5.41) is 15.7.